The van der Waals surface area contributed by atoms with Crippen molar-refractivity contribution in [2.75, 3.05) is 19.0 Å². The largest absolute Gasteiger partial charge is 0.490 e. The molecule has 1 amide bonds. The zero-order valence-corrected chi connectivity index (χ0v) is 16.0. The van der Waals surface area contributed by atoms with Gasteiger partial charge >= 0.3 is 5.69 Å². The van der Waals surface area contributed by atoms with Crippen LogP contribution in [0.25, 0.3) is 11.0 Å². The Kier molecular flexibility index (Phi) is 5.96. The van der Waals surface area contributed by atoms with Crippen LogP contribution in [0, 0.1) is 0 Å². The van der Waals surface area contributed by atoms with Gasteiger partial charge < -0.3 is 20.0 Å². The molecule has 0 spiro atoms. The molecule has 28 heavy (non-hydrogen) atoms. The summed E-state index contributed by atoms with van der Waals surface area (Å²) in [4.78, 5) is 31.3. The summed E-state index contributed by atoms with van der Waals surface area (Å²) >= 11 is 0. The molecule has 1 aromatic heterocycles. The number of aromatic amines is 2. The van der Waals surface area contributed by atoms with E-state index < -0.39 is 0 Å². The van der Waals surface area contributed by atoms with Crippen LogP contribution in [0.3, 0.4) is 0 Å². The van der Waals surface area contributed by atoms with Gasteiger partial charge in [-0.15, -0.1) is 0 Å². The minimum atomic E-state index is -0.335. The van der Waals surface area contributed by atoms with Crippen LogP contribution in [0.2, 0.25) is 0 Å². The second kappa shape index (κ2) is 8.58. The van der Waals surface area contributed by atoms with Gasteiger partial charge in [0.25, 0.3) is 0 Å². The molecule has 0 radical (unpaired) electrons. The number of rotatable bonds is 8. The molecule has 146 valence electrons. The molecule has 0 saturated heterocycles. The predicted octanol–water partition coefficient (Wildman–Crippen LogP) is 2.88. The molecule has 7 nitrogen and oxygen atoms in total. The maximum atomic E-state index is 12.6. The zero-order chi connectivity index (χ0) is 20.1. The molecule has 1 heterocycles. The summed E-state index contributed by atoms with van der Waals surface area (Å²) < 4.78 is 5.48. The third-order valence-electron chi connectivity index (χ3n) is 4.55. The molecule has 0 bridgehead atoms. The number of ether oxygens (including phenoxy) is 1. The molecule has 3 aromatic rings. The van der Waals surface area contributed by atoms with E-state index in [1.807, 2.05) is 43.1 Å². The number of nitrogens with one attached hydrogen (secondary N) is 3. The van der Waals surface area contributed by atoms with Crippen LogP contribution in [-0.2, 0) is 11.3 Å². The van der Waals surface area contributed by atoms with Gasteiger partial charge in [0.15, 0.2) is 0 Å². The van der Waals surface area contributed by atoms with Crippen molar-refractivity contribution in [3.05, 3.63) is 71.2 Å². The van der Waals surface area contributed by atoms with Crippen molar-refractivity contribution in [1.82, 2.24) is 14.9 Å². The van der Waals surface area contributed by atoms with Crippen LogP contribution in [-0.4, -0.2) is 40.5 Å². The Morgan fingerprint density at radius 3 is 2.64 bits per heavy atom. The summed E-state index contributed by atoms with van der Waals surface area (Å²) in [5.74, 6) is 0.668. The number of hydrogen-bond acceptors (Lipinski definition) is 4. The lowest BCUT2D eigenvalue weighted by atomic mass is 10.1. The van der Waals surface area contributed by atoms with Crippen molar-refractivity contribution in [3.63, 3.8) is 0 Å². The molecule has 0 unspecified atom stereocenters. The van der Waals surface area contributed by atoms with Crippen LogP contribution in [0.15, 0.2) is 59.9 Å². The standard InChI is InChI=1S/C21H24N4O3/c1-4-11-28-17-8-5-15(6-9-17)13-25(3)14(2)20(26)22-16-7-10-18-19(12-16)24-21(27)23-18/h4-10,12,14H,1,11,13H2,2-3H3,(H,22,26)(H2,23,24,27)/t14-/m0/s1. The number of nitrogens with zero attached hydrogens (tertiary/aromatic N) is 1. The van der Waals surface area contributed by atoms with E-state index in [1.165, 1.54) is 0 Å². The number of anilines is 1. The number of likely N-dealkylation sites (N-methyl/N-ethyl adjacent to an activating group) is 1. The molecular formula is C21H24N4O3. The summed E-state index contributed by atoms with van der Waals surface area (Å²) in [6.07, 6.45) is 1.70. The van der Waals surface area contributed by atoms with Crippen molar-refractivity contribution in [2.24, 2.45) is 0 Å². The Bertz CT molecular complexity index is 1020. The number of carbonyl (C=O) groups excluding carboxylic acids is 1. The zero-order valence-electron chi connectivity index (χ0n) is 16.0. The first kappa shape index (κ1) is 19.4. The third-order valence-corrected chi connectivity index (χ3v) is 4.55. The lowest BCUT2D eigenvalue weighted by Crippen LogP contribution is -2.39. The van der Waals surface area contributed by atoms with E-state index in [0.717, 1.165) is 11.3 Å². The monoisotopic (exact) mass is 380 g/mol. The van der Waals surface area contributed by atoms with Gasteiger partial charge in [0.1, 0.15) is 12.4 Å². The van der Waals surface area contributed by atoms with Crippen LogP contribution >= 0.6 is 0 Å². The second-order valence-electron chi connectivity index (χ2n) is 6.66. The van der Waals surface area contributed by atoms with Crippen molar-refractivity contribution >= 4 is 22.6 Å². The fourth-order valence-electron chi connectivity index (χ4n) is 2.83. The first-order chi connectivity index (χ1) is 13.5. The SMILES string of the molecule is C=CCOc1ccc(CN(C)[C@@H](C)C(=O)Nc2ccc3[nH]c(=O)[nH]c3c2)cc1. The number of carbonyl (C=O) groups is 1. The van der Waals surface area contributed by atoms with Crippen molar-refractivity contribution < 1.29 is 9.53 Å². The van der Waals surface area contributed by atoms with Crippen molar-refractivity contribution in [2.45, 2.75) is 19.5 Å². The van der Waals surface area contributed by atoms with Crippen molar-refractivity contribution in [1.29, 1.82) is 0 Å². The maximum Gasteiger partial charge on any atom is 0.323 e. The number of imidazole rings is 1. The highest BCUT2D eigenvalue weighted by molar-refractivity contribution is 5.96. The summed E-state index contributed by atoms with van der Waals surface area (Å²) in [6, 6.07) is 12.7. The number of benzene rings is 2. The van der Waals surface area contributed by atoms with E-state index >= 15 is 0 Å². The predicted molar refractivity (Wildman–Crippen MR) is 111 cm³/mol. The fraction of sp³-hybridized carbons (Fsp3) is 0.238. The van der Waals surface area contributed by atoms with Gasteiger partial charge in [-0.1, -0.05) is 24.8 Å². The van der Waals surface area contributed by atoms with E-state index in [0.29, 0.717) is 29.9 Å². The first-order valence-electron chi connectivity index (χ1n) is 9.02. The van der Waals surface area contributed by atoms with Gasteiger partial charge in [0.2, 0.25) is 5.91 Å². The lowest BCUT2D eigenvalue weighted by molar-refractivity contribution is -0.120. The third kappa shape index (κ3) is 4.69. The Morgan fingerprint density at radius 1 is 1.21 bits per heavy atom. The van der Waals surface area contributed by atoms with Gasteiger partial charge in [-0.3, -0.25) is 9.69 Å². The van der Waals surface area contributed by atoms with Gasteiger partial charge in [0.05, 0.1) is 17.1 Å². The summed E-state index contributed by atoms with van der Waals surface area (Å²) in [5, 5.41) is 2.90. The molecule has 0 aliphatic rings. The highest BCUT2D eigenvalue weighted by Gasteiger charge is 2.18. The maximum absolute atomic E-state index is 12.6. The quantitative estimate of drug-likeness (QED) is 0.524. The molecule has 3 rings (SSSR count). The molecule has 2 aromatic carbocycles. The Labute approximate surface area is 163 Å². The van der Waals surface area contributed by atoms with Crippen LogP contribution < -0.4 is 15.7 Å². The number of amides is 1. The highest BCUT2D eigenvalue weighted by Crippen LogP contribution is 2.17. The Hall–Kier alpha value is -3.32. The van der Waals surface area contributed by atoms with Crippen LogP contribution in [0.5, 0.6) is 5.75 Å². The molecular weight excluding hydrogens is 356 g/mol. The normalized spacial score (nSPS) is 12.1. The van der Waals surface area contributed by atoms with Gasteiger partial charge in [-0.25, -0.2) is 4.79 Å². The van der Waals surface area contributed by atoms with Gasteiger partial charge in [0, 0.05) is 12.2 Å². The number of H-pyrrole nitrogens is 2. The van der Waals surface area contributed by atoms with Gasteiger partial charge in [-0.05, 0) is 49.9 Å². The van der Waals surface area contributed by atoms with Crippen molar-refractivity contribution in [3.8, 4) is 5.75 Å². The second-order valence-corrected chi connectivity index (χ2v) is 6.66. The molecule has 1 atom stereocenters. The smallest absolute Gasteiger partial charge is 0.323 e. The van der Waals surface area contributed by atoms with E-state index in [4.69, 9.17) is 4.74 Å². The van der Waals surface area contributed by atoms with Gasteiger partial charge in [-0.2, -0.15) is 0 Å². The Morgan fingerprint density at radius 2 is 1.93 bits per heavy atom. The molecule has 0 fully saturated rings. The molecule has 0 aliphatic heterocycles. The topological polar surface area (TPSA) is 90.2 Å². The minimum Gasteiger partial charge on any atom is -0.490 e. The number of fused-ring (bicyclic) bond motifs is 1. The first-order valence-corrected chi connectivity index (χ1v) is 9.02. The molecule has 7 heteroatoms. The molecule has 0 saturated carbocycles. The minimum absolute atomic E-state index is 0.120. The lowest BCUT2D eigenvalue weighted by Gasteiger charge is -2.24. The fourth-order valence-corrected chi connectivity index (χ4v) is 2.83. The molecule has 3 N–H and O–H groups in total. The summed E-state index contributed by atoms with van der Waals surface area (Å²) in [6.45, 7) is 6.58. The highest BCUT2D eigenvalue weighted by atomic mass is 16.5. The average molecular weight is 380 g/mol. The van der Waals surface area contributed by atoms with E-state index in [1.54, 1.807) is 24.3 Å². The van der Waals surface area contributed by atoms with Crippen LogP contribution in [0.1, 0.15) is 12.5 Å². The van der Waals surface area contributed by atoms with E-state index in [-0.39, 0.29) is 17.6 Å². The average Bonchev–Trinajstić information content (AvgIpc) is 3.06. The Balaban J connectivity index is 1.59. The van der Waals surface area contributed by atoms with E-state index in [9.17, 15) is 9.59 Å². The number of aromatic nitrogens is 2. The van der Waals surface area contributed by atoms with Crippen LogP contribution in [0.4, 0.5) is 5.69 Å². The molecule has 0 aliphatic carbocycles. The summed E-state index contributed by atoms with van der Waals surface area (Å²) in [7, 11) is 1.90. The van der Waals surface area contributed by atoms with E-state index in [2.05, 4.69) is 21.9 Å². The number of hydrogen-bond donors (Lipinski definition) is 3. The summed E-state index contributed by atoms with van der Waals surface area (Å²) in [5.41, 5.74) is 2.81.